The molecular formula is C20H16F4N6O2. The van der Waals surface area contributed by atoms with E-state index in [1.165, 1.54) is 24.3 Å². The molecule has 0 aliphatic carbocycles. The number of hydrogen-bond donors (Lipinski definition) is 1. The Hall–Kier alpha value is -3.80. The maximum absolute atomic E-state index is 14.7. The fourth-order valence-electron chi connectivity index (χ4n) is 3.47. The van der Waals surface area contributed by atoms with E-state index >= 15 is 0 Å². The zero-order valence-corrected chi connectivity index (χ0v) is 16.5. The van der Waals surface area contributed by atoms with Gasteiger partial charge in [-0.3, -0.25) is 0 Å². The van der Waals surface area contributed by atoms with Gasteiger partial charge in [-0.15, -0.1) is 0 Å². The van der Waals surface area contributed by atoms with Crippen LogP contribution < -0.4 is 5.69 Å². The molecule has 32 heavy (non-hydrogen) atoms. The van der Waals surface area contributed by atoms with Crippen LogP contribution in [0, 0.1) is 23.3 Å². The highest BCUT2D eigenvalue weighted by molar-refractivity contribution is 5.33. The van der Waals surface area contributed by atoms with Crippen molar-refractivity contribution in [3.05, 3.63) is 94.7 Å². The van der Waals surface area contributed by atoms with Gasteiger partial charge in [-0.05, 0) is 25.1 Å². The van der Waals surface area contributed by atoms with Crippen LogP contribution in [0.25, 0.3) is 5.69 Å². The predicted octanol–water partition coefficient (Wildman–Crippen LogP) is 2.33. The van der Waals surface area contributed by atoms with E-state index in [0.29, 0.717) is 12.1 Å². The number of hydrogen-bond acceptors (Lipinski definition) is 5. The lowest BCUT2D eigenvalue weighted by Gasteiger charge is -2.34. The molecule has 0 spiro atoms. The van der Waals surface area contributed by atoms with Crippen LogP contribution in [0.4, 0.5) is 17.6 Å². The van der Waals surface area contributed by atoms with E-state index < -0.39 is 40.6 Å². The number of nitrogens with zero attached hydrogens (tertiary/aromatic N) is 6. The molecule has 0 bridgehead atoms. The van der Waals surface area contributed by atoms with E-state index in [1.807, 2.05) is 0 Å². The Bertz CT molecular complexity index is 1320. The average molecular weight is 448 g/mol. The smallest absolute Gasteiger partial charge is 0.350 e. The lowest BCUT2D eigenvalue weighted by molar-refractivity contribution is -0.0381. The zero-order valence-electron chi connectivity index (χ0n) is 16.5. The summed E-state index contributed by atoms with van der Waals surface area (Å²) in [4.78, 5) is 16.7. The van der Waals surface area contributed by atoms with E-state index in [0.717, 1.165) is 39.8 Å². The van der Waals surface area contributed by atoms with Gasteiger partial charge in [0.1, 0.15) is 47.9 Å². The number of aliphatic hydroxyl groups is 1. The first kappa shape index (κ1) is 21.4. The monoisotopic (exact) mass is 448 g/mol. The zero-order chi connectivity index (χ0) is 23.0. The Balaban J connectivity index is 1.82. The van der Waals surface area contributed by atoms with E-state index in [1.54, 1.807) is 0 Å². The molecule has 8 nitrogen and oxygen atoms in total. The molecule has 166 valence electrons. The van der Waals surface area contributed by atoms with Crippen molar-refractivity contribution >= 4 is 0 Å². The molecule has 0 saturated carbocycles. The van der Waals surface area contributed by atoms with Crippen molar-refractivity contribution in [3.8, 4) is 5.69 Å². The third kappa shape index (κ3) is 3.68. The van der Waals surface area contributed by atoms with Gasteiger partial charge in [0, 0.05) is 17.7 Å². The minimum atomic E-state index is -2.14. The van der Waals surface area contributed by atoms with Crippen LogP contribution in [0.2, 0.25) is 0 Å². The number of halogens is 4. The highest BCUT2D eigenvalue weighted by Gasteiger charge is 2.42. The third-order valence-electron chi connectivity index (χ3n) is 5.19. The van der Waals surface area contributed by atoms with Crippen LogP contribution in [0.3, 0.4) is 0 Å². The fraction of sp³-hybridized carbons (Fsp3) is 0.200. The van der Waals surface area contributed by atoms with Crippen LogP contribution in [-0.4, -0.2) is 34.2 Å². The Labute approximate surface area is 178 Å². The standard InChI is InChI=1S/C20H16F4N6O2/c1-12(30-19(31)29(11-27-30)18-5-3-14(22)7-17(18)24)20(32,8-28-10-25-9-26-28)15-4-2-13(21)6-16(15)23/h2-7,9-12,32H,8H2,1H3/t12-,20-/m1/s1. The van der Waals surface area contributed by atoms with Crippen molar-refractivity contribution in [3.63, 3.8) is 0 Å². The van der Waals surface area contributed by atoms with Gasteiger partial charge >= 0.3 is 5.69 Å². The van der Waals surface area contributed by atoms with Crippen molar-refractivity contribution in [1.82, 2.24) is 29.1 Å². The van der Waals surface area contributed by atoms with E-state index in [2.05, 4.69) is 15.2 Å². The van der Waals surface area contributed by atoms with Gasteiger partial charge in [0.2, 0.25) is 0 Å². The molecule has 2 atom stereocenters. The van der Waals surface area contributed by atoms with Gasteiger partial charge in [0.25, 0.3) is 0 Å². The molecule has 2 aromatic heterocycles. The van der Waals surface area contributed by atoms with Crippen LogP contribution in [0.15, 0.2) is 60.2 Å². The number of benzene rings is 2. The topological polar surface area (TPSA) is 90.8 Å². The van der Waals surface area contributed by atoms with Crippen LogP contribution in [0.5, 0.6) is 0 Å². The van der Waals surface area contributed by atoms with Crippen molar-refractivity contribution in [2.45, 2.75) is 25.1 Å². The van der Waals surface area contributed by atoms with Crippen LogP contribution in [-0.2, 0) is 12.1 Å². The van der Waals surface area contributed by atoms with Crippen molar-refractivity contribution in [2.24, 2.45) is 0 Å². The molecule has 12 heteroatoms. The summed E-state index contributed by atoms with van der Waals surface area (Å²) in [6, 6.07) is 4.03. The van der Waals surface area contributed by atoms with Crippen LogP contribution in [0.1, 0.15) is 18.5 Å². The molecular weight excluding hydrogens is 432 g/mol. The molecule has 0 amide bonds. The van der Waals surface area contributed by atoms with E-state index in [-0.39, 0.29) is 17.8 Å². The van der Waals surface area contributed by atoms with Gasteiger partial charge in [-0.2, -0.15) is 10.2 Å². The Kier molecular flexibility index (Phi) is 5.38. The molecule has 0 radical (unpaired) electrons. The van der Waals surface area contributed by atoms with Gasteiger partial charge in [-0.1, -0.05) is 6.07 Å². The van der Waals surface area contributed by atoms with E-state index in [4.69, 9.17) is 0 Å². The summed E-state index contributed by atoms with van der Waals surface area (Å²) in [5, 5.41) is 19.4. The predicted molar refractivity (Wildman–Crippen MR) is 103 cm³/mol. The third-order valence-corrected chi connectivity index (χ3v) is 5.19. The second-order valence-corrected chi connectivity index (χ2v) is 7.14. The molecule has 0 fully saturated rings. The van der Waals surface area contributed by atoms with Crippen molar-refractivity contribution < 1.29 is 22.7 Å². The van der Waals surface area contributed by atoms with Gasteiger partial charge in [0.05, 0.1) is 18.3 Å². The minimum Gasteiger partial charge on any atom is -0.381 e. The summed E-state index contributed by atoms with van der Waals surface area (Å²) in [6.45, 7) is 1.03. The maximum atomic E-state index is 14.7. The molecule has 4 aromatic rings. The second kappa shape index (κ2) is 8.04. The summed E-state index contributed by atoms with van der Waals surface area (Å²) < 4.78 is 58.4. The Morgan fingerprint density at radius 3 is 2.31 bits per heavy atom. The first-order valence-electron chi connectivity index (χ1n) is 9.32. The summed E-state index contributed by atoms with van der Waals surface area (Å²) in [7, 11) is 0. The fourth-order valence-corrected chi connectivity index (χ4v) is 3.47. The molecule has 1 N–H and O–H groups in total. The molecule has 0 saturated heterocycles. The normalized spacial score (nSPS) is 14.3. The first-order valence-corrected chi connectivity index (χ1v) is 9.32. The summed E-state index contributed by atoms with van der Waals surface area (Å²) in [6.07, 6.45) is 3.46. The number of aromatic nitrogens is 6. The molecule has 0 aliphatic rings. The van der Waals surface area contributed by atoms with Crippen molar-refractivity contribution in [2.75, 3.05) is 0 Å². The van der Waals surface area contributed by atoms with Crippen molar-refractivity contribution in [1.29, 1.82) is 0 Å². The molecule has 2 aromatic carbocycles. The summed E-state index contributed by atoms with van der Waals surface area (Å²) >= 11 is 0. The quantitative estimate of drug-likeness (QED) is 0.458. The highest BCUT2D eigenvalue weighted by atomic mass is 19.1. The Morgan fingerprint density at radius 2 is 1.69 bits per heavy atom. The SMILES string of the molecule is C[C@@H](n1ncn(-c2ccc(F)cc2F)c1=O)[C@](O)(Cn1cncn1)c1ccc(F)cc1F. The highest BCUT2D eigenvalue weighted by Crippen LogP contribution is 2.35. The minimum absolute atomic E-state index is 0.261. The van der Waals surface area contributed by atoms with Gasteiger partial charge < -0.3 is 5.11 Å². The Morgan fingerprint density at radius 1 is 1.00 bits per heavy atom. The molecule has 4 rings (SSSR count). The van der Waals surface area contributed by atoms with E-state index in [9.17, 15) is 27.5 Å². The lowest BCUT2D eigenvalue weighted by atomic mass is 9.86. The number of rotatable bonds is 6. The van der Waals surface area contributed by atoms with Gasteiger partial charge in [0.15, 0.2) is 0 Å². The maximum Gasteiger partial charge on any atom is 0.350 e. The molecule has 0 unspecified atom stereocenters. The largest absolute Gasteiger partial charge is 0.381 e. The summed E-state index contributed by atoms with van der Waals surface area (Å²) in [5.41, 5.74) is -3.59. The van der Waals surface area contributed by atoms with Gasteiger partial charge in [-0.25, -0.2) is 41.3 Å². The average Bonchev–Trinajstić information content (AvgIpc) is 3.37. The molecule has 2 heterocycles. The van der Waals surface area contributed by atoms with Crippen LogP contribution >= 0.6 is 0 Å². The summed E-state index contributed by atoms with van der Waals surface area (Å²) in [5.74, 6) is -3.72. The molecule has 0 aliphatic heterocycles. The second-order valence-electron chi connectivity index (χ2n) is 7.14. The first-order chi connectivity index (χ1) is 15.2. The lowest BCUT2D eigenvalue weighted by Crippen LogP contribution is -2.44.